The lowest BCUT2D eigenvalue weighted by Crippen LogP contribution is -2.49. The van der Waals surface area contributed by atoms with E-state index in [0.717, 1.165) is 29.9 Å². The third kappa shape index (κ3) is 3.59. The largest absolute Gasteiger partial charge is 0.377 e. The van der Waals surface area contributed by atoms with Gasteiger partial charge >= 0.3 is 0 Å². The second-order valence-electron chi connectivity index (χ2n) is 5.76. The molecule has 8 heteroatoms. The fraction of sp³-hybridized carbons (Fsp3) is 0.562. The van der Waals surface area contributed by atoms with Crippen LogP contribution >= 0.6 is 11.5 Å². The summed E-state index contributed by atoms with van der Waals surface area (Å²) in [4.78, 5) is 24.1. The van der Waals surface area contributed by atoms with E-state index in [1.807, 2.05) is 18.7 Å². The van der Waals surface area contributed by atoms with Crippen molar-refractivity contribution >= 4 is 17.4 Å². The summed E-state index contributed by atoms with van der Waals surface area (Å²) in [7, 11) is 0. The van der Waals surface area contributed by atoms with Crippen molar-refractivity contribution in [1.29, 1.82) is 0 Å². The van der Waals surface area contributed by atoms with Gasteiger partial charge in [-0.2, -0.15) is 0 Å². The molecular weight excluding hydrogens is 326 g/mol. The van der Waals surface area contributed by atoms with Gasteiger partial charge in [0.1, 0.15) is 4.88 Å². The minimum Gasteiger partial charge on any atom is -0.377 e. The van der Waals surface area contributed by atoms with Crippen LogP contribution in [0.15, 0.2) is 12.4 Å². The zero-order chi connectivity index (χ0) is 16.9. The van der Waals surface area contributed by atoms with Crippen molar-refractivity contribution in [2.45, 2.75) is 39.2 Å². The first kappa shape index (κ1) is 16.9. The van der Waals surface area contributed by atoms with Gasteiger partial charge in [0.25, 0.3) is 5.91 Å². The molecule has 2 aromatic rings. The lowest BCUT2D eigenvalue weighted by molar-refractivity contribution is -0.00394. The fourth-order valence-corrected chi connectivity index (χ4v) is 3.59. The highest BCUT2D eigenvalue weighted by Gasteiger charge is 2.30. The lowest BCUT2D eigenvalue weighted by Gasteiger charge is -2.35. The van der Waals surface area contributed by atoms with Crippen molar-refractivity contribution in [3.05, 3.63) is 34.4 Å². The molecule has 0 N–H and O–H groups in total. The number of hydrogen-bond donors (Lipinski definition) is 0. The first-order valence-electron chi connectivity index (χ1n) is 8.17. The predicted molar refractivity (Wildman–Crippen MR) is 90.0 cm³/mol. The molecule has 1 saturated heterocycles. The summed E-state index contributed by atoms with van der Waals surface area (Å²) < 4.78 is 9.53. The molecule has 3 rings (SSSR count). The Morgan fingerprint density at radius 1 is 1.38 bits per heavy atom. The maximum Gasteiger partial charge on any atom is 0.267 e. The van der Waals surface area contributed by atoms with Gasteiger partial charge in [0.2, 0.25) is 0 Å². The highest BCUT2D eigenvalue weighted by atomic mass is 32.1. The second-order valence-corrected chi connectivity index (χ2v) is 6.51. The van der Waals surface area contributed by atoms with Crippen LogP contribution in [0.4, 0.5) is 0 Å². The lowest BCUT2D eigenvalue weighted by atomic mass is 10.1. The van der Waals surface area contributed by atoms with E-state index in [9.17, 15) is 4.79 Å². The van der Waals surface area contributed by atoms with Crippen LogP contribution < -0.4 is 0 Å². The number of aromatic nitrogens is 4. The Kier molecular flexibility index (Phi) is 5.47. The second kappa shape index (κ2) is 7.76. The highest BCUT2D eigenvalue weighted by Crippen LogP contribution is 2.20. The van der Waals surface area contributed by atoms with Gasteiger partial charge in [-0.05, 0) is 37.7 Å². The van der Waals surface area contributed by atoms with Crippen LogP contribution in [0.2, 0.25) is 0 Å². The number of nitrogens with zero attached hydrogens (tertiary/aromatic N) is 5. The number of aryl methyl sites for hydroxylation is 3. The number of morpholine rings is 1. The third-order valence-corrected chi connectivity index (χ3v) is 5.03. The highest BCUT2D eigenvalue weighted by molar-refractivity contribution is 7.08. The minimum atomic E-state index is 0.0195. The molecular formula is C16H21N5O2S. The minimum absolute atomic E-state index is 0.0195. The molecule has 24 heavy (non-hydrogen) atoms. The SMILES string of the molecule is CCc1nnsc1C(=O)N1CCOCC1CCc1nccnc1C. The molecule has 0 spiro atoms. The summed E-state index contributed by atoms with van der Waals surface area (Å²) in [6.45, 7) is 5.67. The van der Waals surface area contributed by atoms with Gasteiger partial charge in [-0.1, -0.05) is 11.4 Å². The summed E-state index contributed by atoms with van der Waals surface area (Å²) in [5, 5.41) is 4.05. The van der Waals surface area contributed by atoms with Crippen LogP contribution in [0.3, 0.4) is 0 Å². The van der Waals surface area contributed by atoms with Crippen molar-refractivity contribution in [2.75, 3.05) is 19.8 Å². The standard InChI is InChI=1S/C16H21N5O2S/c1-3-13-15(24-20-19-13)16(22)21-8-9-23-10-12(21)4-5-14-11(2)17-6-7-18-14/h6-7,12H,3-5,8-10H2,1-2H3. The van der Waals surface area contributed by atoms with Gasteiger partial charge in [-0.15, -0.1) is 5.10 Å². The first-order valence-corrected chi connectivity index (χ1v) is 8.94. The molecule has 1 fully saturated rings. The maximum absolute atomic E-state index is 12.9. The molecule has 1 aliphatic heterocycles. The number of ether oxygens (including phenoxy) is 1. The monoisotopic (exact) mass is 347 g/mol. The Labute approximate surface area is 145 Å². The zero-order valence-corrected chi connectivity index (χ0v) is 14.8. The van der Waals surface area contributed by atoms with Gasteiger partial charge in [0.05, 0.1) is 36.3 Å². The quantitative estimate of drug-likeness (QED) is 0.818. The Bertz CT molecular complexity index is 705. The van der Waals surface area contributed by atoms with Crippen LogP contribution in [0, 0.1) is 6.92 Å². The first-order chi connectivity index (χ1) is 11.7. The van der Waals surface area contributed by atoms with Gasteiger partial charge < -0.3 is 9.64 Å². The van der Waals surface area contributed by atoms with Crippen molar-refractivity contribution in [3.8, 4) is 0 Å². The van der Waals surface area contributed by atoms with E-state index in [1.54, 1.807) is 12.4 Å². The predicted octanol–water partition coefficient (Wildman–Crippen LogP) is 1.67. The van der Waals surface area contributed by atoms with E-state index < -0.39 is 0 Å². The molecule has 2 aromatic heterocycles. The van der Waals surface area contributed by atoms with Crippen molar-refractivity contribution in [2.24, 2.45) is 0 Å². The molecule has 1 aliphatic rings. The zero-order valence-electron chi connectivity index (χ0n) is 13.9. The van der Waals surface area contributed by atoms with E-state index in [-0.39, 0.29) is 11.9 Å². The van der Waals surface area contributed by atoms with E-state index in [1.165, 1.54) is 11.5 Å². The maximum atomic E-state index is 12.9. The van der Waals surface area contributed by atoms with Crippen LogP contribution in [0.5, 0.6) is 0 Å². The van der Waals surface area contributed by atoms with Gasteiger partial charge in [-0.3, -0.25) is 14.8 Å². The smallest absolute Gasteiger partial charge is 0.267 e. The molecule has 0 radical (unpaired) electrons. The van der Waals surface area contributed by atoms with Gasteiger partial charge in [-0.25, -0.2) is 0 Å². The number of hydrogen-bond acceptors (Lipinski definition) is 7. The third-order valence-electron chi connectivity index (χ3n) is 4.27. The summed E-state index contributed by atoms with van der Waals surface area (Å²) in [6.07, 6.45) is 5.70. The van der Waals surface area contributed by atoms with E-state index in [2.05, 4.69) is 19.6 Å². The Morgan fingerprint density at radius 2 is 2.21 bits per heavy atom. The molecule has 0 bridgehead atoms. The molecule has 128 valence electrons. The van der Waals surface area contributed by atoms with Gasteiger partial charge in [0.15, 0.2) is 0 Å². The van der Waals surface area contributed by atoms with Crippen LogP contribution in [-0.4, -0.2) is 56.2 Å². The summed E-state index contributed by atoms with van der Waals surface area (Å²) in [5.74, 6) is 0.0195. The fourth-order valence-electron chi connectivity index (χ4n) is 2.88. The molecule has 1 unspecified atom stereocenters. The summed E-state index contributed by atoms with van der Waals surface area (Å²) >= 11 is 1.18. The summed E-state index contributed by atoms with van der Waals surface area (Å²) in [5.41, 5.74) is 2.69. The Balaban J connectivity index is 1.71. The van der Waals surface area contributed by atoms with Crippen molar-refractivity contribution in [1.82, 2.24) is 24.5 Å². The summed E-state index contributed by atoms with van der Waals surface area (Å²) in [6, 6.07) is 0.0412. The van der Waals surface area contributed by atoms with E-state index >= 15 is 0 Å². The molecule has 0 aromatic carbocycles. The van der Waals surface area contributed by atoms with Crippen molar-refractivity contribution in [3.63, 3.8) is 0 Å². The van der Waals surface area contributed by atoms with Gasteiger partial charge in [0, 0.05) is 18.9 Å². The number of amides is 1. The number of carbonyl (C=O) groups excluding carboxylic acids is 1. The number of rotatable bonds is 5. The average molecular weight is 347 g/mol. The topological polar surface area (TPSA) is 81.1 Å². The molecule has 0 aliphatic carbocycles. The van der Waals surface area contributed by atoms with E-state index in [0.29, 0.717) is 31.1 Å². The normalized spacial score (nSPS) is 17.9. The Hall–Kier alpha value is -1.93. The van der Waals surface area contributed by atoms with Crippen molar-refractivity contribution < 1.29 is 9.53 Å². The molecule has 1 atom stereocenters. The van der Waals surface area contributed by atoms with Crippen LogP contribution in [0.1, 0.15) is 40.1 Å². The molecule has 7 nitrogen and oxygen atoms in total. The average Bonchev–Trinajstić information content (AvgIpc) is 3.09. The van der Waals surface area contributed by atoms with E-state index in [4.69, 9.17) is 4.74 Å². The molecule has 0 saturated carbocycles. The Morgan fingerprint density at radius 3 is 3.00 bits per heavy atom. The van der Waals surface area contributed by atoms with Crippen LogP contribution in [0.25, 0.3) is 0 Å². The van der Waals surface area contributed by atoms with Crippen LogP contribution in [-0.2, 0) is 17.6 Å². The number of carbonyl (C=O) groups is 1. The molecule has 3 heterocycles. The molecule has 1 amide bonds.